The summed E-state index contributed by atoms with van der Waals surface area (Å²) in [5.74, 6) is -0.566. The number of aromatic nitrogens is 4. The van der Waals surface area contributed by atoms with E-state index >= 15 is 0 Å². The molecule has 6 nitrogen and oxygen atoms in total. The molecule has 0 atom stereocenters. The molecule has 5 rings (SSSR count). The second-order valence-corrected chi connectivity index (χ2v) is 8.23. The van der Waals surface area contributed by atoms with Gasteiger partial charge in [-0.1, -0.05) is 52.7 Å². The number of halogens is 3. The second kappa shape index (κ2) is 9.27. The molecule has 0 saturated heterocycles. The molecule has 0 radical (unpaired) electrons. The number of carbonyl (C=O) groups excluding carboxylic acids is 1. The second-order valence-electron chi connectivity index (χ2n) is 7.39. The molecule has 0 unspecified atom stereocenters. The molecule has 5 aromatic rings. The van der Waals surface area contributed by atoms with Crippen LogP contribution < -0.4 is 18.1 Å². The molecule has 166 valence electrons. The first kappa shape index (κ1) is 22.9. The minimum atomic E-state index is -0.566. The van der Waals surface area contributed by atoms with E-state index in [1.165, 1.54) is 0 Å². The summed E-state index contributed by atoms with van der Waals surface area (Å²) in [6.45, 7) is 0.421. The summed E-state index contributed by atoms with van der Waals surface area (Å²) >= 11 is 12.1. The molecule has 0 spiro atoms. The van der Waals surface area contributed by atoms with Crippen LogP contribution in [0.5, 0.6) is 0 Å². The molecule has 2 N–H and O–H groups in total. The van der Waals surface area contributed by atoms with Crippen molar-refractivity contribution in [3.05, 3.63) is 100 Å². The first-order valence-corrected chi connectivity index (χ1v) is 10.6. The maximum atomic E-state index is 11.6. The molecule has 0 fully saturated rings. The zero-order chi connectivity index (χ0) is 22.2. The van der Waals surface area contributed by atoms with Gasteiger partial charge in [0.15, 0.2) is 0 Å². The molecule has 0 saturated carbocycles. The van der Waals surface area contributed by atoms with Gasteiger partial charge in [-0.25, -0.2) is 4.68 Å². The van der Waals surface area contributed by atoms with Crippen LogP contribution in [0.15, 0.2) is 79.1 Å². The number of rotatable bonds is 5. The van der Waals surface area contributed by atoms with Crippen LogP contribution in [0.2, 0.25) is 10.0 Å². The van der Waals surface area contributed by atoms with Crippen LogP contribution in [0.1, 0.15) is 15.9 Å². The number of hydrogen-bond acceptors (Lipinski definition) is 3. The molecule has 33 heavy (non-hydrogen) atoms. The Labute approximate surface area is 206 Å². The number of pyridine rings is 1. The number of hydrogen-bond donors (Lipinski definition) is 1. The first-order chi connectivity index (χ1) is 15.5. The lowest BCUT2D eigenvalue weighted by Gasteiger charge is -2.05. The molecule has 3 aromatic heterocycles. The Kier molecular flexibility index (Phi) is 6.42. The number of carbonyl (C=O) groups is 1. The van der Waals surface area contributed by atoms with Crippen LogP contribution in [0.4, 0.5) is 0 Å². The Morgan fingerprint density at radius 2 is 1.79 bits per heavy atom. The van der Waals surface area contributed by atoms with E-state index in [1.807, 2.05) is 60.9 Å². The highest BCUT2D eigenvalue weighted by molar-refractivity contribution is 6.33. The number of nitrogens with two attached hydrogens (primary N) is 1. The Hall–Kier alpha value is -3.32. The van der Waals surface area contributed by atoms with Crippen LogP contribution >= 0.6 is 23.2 Å². The van der Waals surface area contributed by atoms with Crippen molar-refractivity contribution in [2.75, 3.05) is 0 Å². The van der Waals surface area contributed by atoms with Gasteiger partial charge in [-0.05, 0) is 53.6 Å². The summed E-state index contributed by atoms with van der Waals surface area (Å²) in [5, 5.41) is 9.75. The lowest BCUT2D eigenvalue weighted by molar-refractivity contribution is -0.0000145. The van der Waals surface area contributed by atoms with Gasteiger partial charge in [0.1, 0.15) is 5.69 Å². The predicted molar refractivity (Wildman–Crippen MR) is 126 cm³/mol. The van der Waals surface area contributed by atoms with E-state index in [9.17, 15) is 4.79 Å². The minimum Gasteiger partial charge on any atom is -1.00 e. The van der Waals surface area contributed by atoms with Gasteiger partial charge < -0.3 is 22.5 Å². The fraction of sp³-hybridized carbons (Fsp3) is 0.0417. The Bertz CT molecular complexity index is 1460. The summed E-state index contributed by atoms with van der Waals surface area (Å²) in [7, 11) is 0. The normalized spacial score (nSPS) is 10.8. The minimum absolute atomic E-state index is 0. The summed E-state index contributed by atoms with van der Waals surface area (Å²) in [6.07, 6.45) is 3.88. The maximum Gasteiger partial charge on any atom is 0.250 e. The third-order valence-electron chi connectivity index (χ3n) is 5.26. The smallest absolute Gasteiger partial charge is 0.250 e. The van der Waals surface area contributed by atoms with E-state index in [0.29, 0.717) is 16.6 Å². The topological polar surface area (TPSA) is 78.2 Å². The third-order valence-corrected chi connectivity index (χ3v) is 5.84. The molecular formula is C24H17Cl3N5O-. The quantitative estimate of drug-likeness (QED) is 0.405. The standard InChI is InChI=1S/C24H17Cl2N5O.ClH/c25-17-7-5-16(6-8-17)19-12-18-3-1-2-10-31(18)23(19)22-14-30(29-28-22)13-15-4-9-21(26)20(11-15)24(27)32;/h1-12,14H,13H2,(H2,27,32);1H/p-1. The van der Waals surface area contributed by atoms with Gasteiger partial charge >= 0.3 is 0 Å². The lowest BCUT2D eigenvalue weighted by Crippen LogP contribution is -3.00. The lowest BCUT2D eigenvalue weighted by atomic mass is 10.0. The number of primary amides is 1. The number of amides is 1. The van der Waals surface area contributed by atoms with Crippen LogP contribution in [-0.4, -0.2) is 25.3 Å². The number of fused-ring (bicyclic) bond motifs is 1. The van der Waals surface area contributed by atoms with E-state index in [1.54, 1.807) is 16.8 Å². The molecule has 3 heterocycles. The van der Waals surface area contributed by atoms with Crippen molar-refractivity contribution in [3.63, 3.8) is 0 Å². The van der Waals surface area contributed by atoms with Gasteiger partial charge in [-0.15, -0.1) is 5.10 Å². The van der Waals surface area contributed by atoms with Crippen LogP contribution in [0.3, 0.4) is 0 Å². The summed E-state index contributed by atoms with van der Waals surface area (Å²) in [4.78, 5) is 11.6. The molecule has 2 aromatic carbocycles. The van der Waals surface area contributed by atoms with E-state index < -0.39 is 5.91 Å². The van der Waals surface area contributed by atoms with Crippen molar-refractivity contribution < 1.29 is 17.2 Å². The highest BCUT2D eigenvalue weighted by atomic mass is 35.5. The van der Waals surface area contributed by atoms with Gasteiger partial charge in [-0.2, -0.15) is 0 Å². The maximum absolute atomic E-state index is 11.6. The molecule has 0 aliphatic carbocycles. The van der Waals surface area contributed by atoms with Gasteiger partial charge in [0.25, 0.3) is 0 Å². The van der Waals surface area contributed by atoms with E-state index in [-0.39, 0.29) is 18.0 Å². The van der Waals surface area contributed by atoms with Gasteiger partial charge in [0.05, 0.1) is 29.0 Å². The van der Waals surface area contributed by atoms with E-state index in [0.717, 1.165) is 33.6 Å². The largest absolute Gasteiger partial charge is 1.00 e. The highest BCUT2D eigenvalue weighted by Gasteiger charge is 2.17. The van der Waals surface area contributed by atoms with Crippen LogP contribution in [0.25, 0.3) is 28.0 Å². The molecule has 0 bridgehead atoms. The van der Waals surface area contributed by atoms with Gasteiger partial charge in [0.2, 0.25) is 5.91 Å². The Morgan fingerprint density at radius 3 is 2.55 bits per heavy atom. The summed E-state index contributed by atoms with van der Waals surface area (Å²) in [5.41, 5.74) is 11.3. The fourth-order valence-corrected chi connectivity index (χ4v) is 4.10. The van der Waals surface area contributed by atoms with Crippen LogP contribution in [-0.2, 0) is 6.54 Å². The first-order valence-electron chi connectivity index (χ1n) is 9.84. The van der Waals surface area contributed by atoms with Crippen molar-refractivity contribution >= 4 is 34.6 Å². The van der Waals surface area contributed by atoms with E-state index in [2.05, 4.69) is 20.8 Å². The van der Waals surface area contributed by atoms with Crippen molar-refractivity contribution in [1.29, 1.82) is 0 Å². The molecule has 0 aliphatic heterocycles. The SMILES string of the molecule is NC(=O)c1cc(Cn2cc(-c3c(-c4ccc(Cl)cc4)cc4ccccn34)nn2)ccc1Cl.[Cl-]. The van der Waals surface area contributed by atoms with Crippen molar-refractivity contribution in [2.45, 2.75) is 6.54 Å². The van der Waals surface area contributed by atoms with Crippen molar-refractivity contribution in [2.24, 2.45) is 5.73 Å². The average molecular weight is 498 g/mol. The van der Waals surface area contributed by atoms with Crippen molar-refractivity contribution in [1.82, 2.24) is 19.4 Å². The Morgan fingerprint density at radius 1 is 1.00 bits per heavy atom. The number of benzene rings is 2. The fourth-order valence-electron chi connectivity index (χ4n) is 3.77. The summed E-state index contributed by atoms with van der Waals surface area (Å²) in [6, 6.07) is 21.0. The zero-order valence-corrected chi connectivity index (χ0v) is 19.4. The molecular weight excluding hydrogens is 481 g/mol. The Balaban J connectivity index is 0.00000259. The zero-order valence-electron chi connectivity index (χ0n) is 17.1. The predicted octanol–water partition coefficient (Wildman–Crippen LogP) is 2.32. The molecule has 0 aliphatic rings. The van der Waals surface area contributed by atoms with Crippen LogP contribution in [0, 0.1) is 0 Å². The highest BCUT2D eigenvalue weighted by Crippen LogP contribution is 2.34. The summed E-state index contributed by atoms with van der Waals surface area (Å²) < 4.78 is 3.81. The average Bonchev–Trinajstić information content (AvgIpc) is 3.39. The van der Waals surface area contributed by atoms with E-state index in [4.69, 9.17) is 28.9 Å². The van der Waals surface area contributed by atoms with Gasteiger partial charge in [-0.3, -0.25) is 4.79 Å². The van der Waals surface area contributed by atoms with Gasteiger partial charge in [0, 0.05) is 22.3 Å². The monoisotopic (exact) mass is 496 g/mol. The molecule has 9 heteroatoms. The van der Waals surface area contributed by atoms with Crippen molar-refractivity contribution in [3.8, 4) is 22.5 Å². The number of nitrogens with zero attached hydrogens (tertiary/aromatic N) is 4. The third kappa shape index (κ3) is 4.46. The molecule has 1 amide bonds.